The van der Waals surface area contributed by atoms with Gasteiger partial charge in [-0.2, -0.15) is 0 Å². The number of pyridine rings is 1. The van der Waals surface area contributed by atoms with Gasteiger partial charge in [0.15, 0.2) is 0 Å². The maximum atomic E-state index is 4.61. The van der Waals surface area contributed by atoms with Crippen LogP contribution in [0.15, 0.2) is 30.3 Å². The maximum absolute atomic E-state index is 4.61. The Bertz CT molecular complexity index is 945. The first-order valence-electron chi connectivity index (χ1n) is 9.77. The van der Waals surface area contributed by atoms with Gasteiger partial charge in [-0.3, -0.25) is 9.88 Å². The number of aromatic nitrogens is 4. The molecular weight excluding hydrogens is 322 g/mol. The lowest BCUT2D eigenvalue weighted by molar-refractivity contribution is 0.194. The molecule has 0 saturated carbocycles. The minimum Gasteiger partial charge on any atom is -0.315 e. The van der Waals surface area contributed by atoms with Crippen LogP contribution >= 0.6 is 0 Å². The quantitative estimate of drug-likeness (QED) is 0.728. The van der Waals surface area contributed by atoms with Gasteiger partial charge in [-0.15, -0.1) is 10.2 Å². The average molecular weight is 347 g/mol. The van der Waals surface area contributed by atoms with Crippen LogP contribution in [0.25, 0.3) is 10.9 Å². The third kappa shape index (κ3) is 2.90. The first-order valence-corrected chi connectivity index (χ1v) is 9.77. The number of likely N-dealkylation sites (tertiary alicyclic amines) is 1. The van der Waals surface area contributed by atoms with E-state index < -0.39 is 0 Å². The Hall–Kier alpha value is -2.27. The van der Waals surface area contributed by atoms with Gasteiger partial charge >= 0.3 is 0 Å². The molecule has 0 N–H and O–H groups in total. The van der Waals surface area contributed by atoms with Gasteiger partial charge in [0, 0.05) is 43.1 Å². The van der Waals surface area contributed by atoms with Crippen molar-refractivity contribution < 1.29 is 0 Å². The fraction of sp³-hybridized carbons (Fsp3) is 0.476. The highest BCUT2D eigenvalue weighted by molar-refractivity contribution is 5.79. The lowest BCUT2D eigenvalue weighted by Crippen LogP contribution is -2.34. The van der Waals surface area contributed by atoms with Gasteiger partial charge in [-0.25, -0.2) is 0 Å². The monoisotopic (exact) mass is 347 g/mol. The standard InChI is InChI=1S/C21H25N5/c1-15-6-8-17-12-16(7-9-19(17)22-15)13-25-10-2-4-18(14-25)21-24-23-20-5-3-11-26(20)21/h6-9,12,18H,2-5,10-11,13-14H2,1H3/t18-/m0/s1. The second kappa shape index (κ2) is 6.47. The van der Waals surface area contributed by atoms with Crippen LogP contribution in [0.4, 0.5) is 0 Å². The van der Waals surface area contributed by atoms with Crippen molar-refractivity contribution in [3.05, 3.63) is 53.2 Å². The van der Waals surface area contributed by atoms with Crippen molar-refractivity contribution in [1.29, 1.82) is 0 Å². The molecule has 0 amide bonds. The molecule has 2 aromatic heterocycles. The molecule has 0 unspecified atom stereocenters. The molecule has 5 heteroatoms. The van der Waals surface area contributed by atoms with Crippen molar-refractivity contribution >= 4 is 10.9 Å². The van der Waals surface area contributed by atoms with Gasteiger partial charge in [-0.1, -0.05) is 12.1 Å². The predicted octanol–water partition coefficient (Wildman–Crippen LogP) is 3.46. The van der Waals surface area contributed by atoms with Crippen LogP contribution in [-0.4, -0.2) is 37.7 Å². The molecule has 2 aliphatic heterocycles. The van der Waals surface area contributed by atoms with Crippen molar-refractivity contribution in [3.8, 4) is 0 Å². The number of nitrogens with zero attached hydrogens (tertiary/aromatic N) is 5. The number of hydrogen-bond acceptors (Lipinski definition) is 4. The van der Waals surface area contributed by atoms with Crippen LogP contribution in [0.1, 0.15) is 48.1 Å². The van der Waals surface area contributed by atoms with Crippen molar-refractivity contribution in [3.63, 3.8) is 0 Å². The van der Waals surface area contributed by atoms with Crippen molar-refractivity contribution in [2.24, 2.45) is 0 Å². The molecule has 2 aliphatic rings. The number of aryl methyl sites for hydroxylation is 2. The van der Waals surface area contributed by atoms with Crippen LogP contribution in [0.2, 0.25) is 0 Å². The van der Waals surface area contributed by atoms with Gasteiger partial charge in [0.25, 0.3) is 0 Å². The Balaban J connectivity index is 1.33. The van der Waals surface area contributed by atoms with Crippen LogP contribution in [0.3, 0.4) is 0 Å². The molecule has 0 bridgehead atoms. The molecule has 134 valence electrons. The van der Waals surface area contributed by atoms with E-state index in [0.29, 0.717) is 5.92 Å². The number of rotatable bonds is 3. The summed E-state index contributed by atoms with van der Waals surface area (Å²) in [6, 6.07) is 11.0. The van der Waals surface area contributed by atoms with Crippen molar-refractivity contribution in [2.45, 2.75) is 51.6 Å². The fourth-order valence-corrected chi connectivity index (χ4v) is 4.52. The van der Waals surface area contributed by atoms with Crippen molar-refractivity contribution in [1.82, 2.24) is 24.6 Å². The number of benzene rings is 1. The third-order valence-electron chi connectivity index (χ3n) is 5.81. The van der Waals surface area contributed by atoms with Crippen LogP contribution in [0, 0.1) is 6.92 Å². The Labute approximate surface area is 154 Å². The topological polar surface area (TPSA) is 46.8 Å². The number of hydrogen-bond donors (Lipinski definition) is 0. The van der Waals surface area contributed by atoms with E-state index in [2.05, 4.69) is 55.0 Å². The van der Waals surface area contributed by atoms with Crippen LogP contribution in [-0.2, 0) is 19.5 Å². The summed E-state index contributed by atoms with van der Waals surface area (Å²) >= 11 is 0. The van der Waals surface area contributed by atoms with E-state index in [9.17, 15) is 0 Å². The molecule has 0 aliphatic carbocycles. The number of piperidine rings is 1. The highest BCUT2D eigenvalue weighted by Crippen LogP contribution is 2.29. The maximum Gasteiger partial charge on any atom is 0.137 e. The molecule has 26 heavy (non-hydrogen) atoms. The van der Waals surface area contributed by atoms with E-state index in [0.717, 1.165) is 37.3 Å². The highest BCUT2D eigenvalue weighted by atomic mass is 15.3. The molecule has 1 fully saturated rings. The van der Waals surface area contributed by atoms with Gasteiger partial charge in [-0.05, 0) is 56.5 Å². The predicted molar refractivity (Wildman–Crippen MR) is 102 cm³/mol. The molecule has 4 heterocycles. The third-order valence-corrected chi connectivity index (χ3v) is 5.81. The first-order chi connectivity index (χ1) is 12.8. The Morgan fingerprint density at radius 3 is 3.00 bits per heavy atom. The van der Waals surface area contributed by atoms with Gasteiger partial charge in [0.05, 0.1) is 5.52 Å². The highest BCUT2D eigenvalue weighted by Gasteiger charge is 2.28. The second-order valence-electron chi connectivity index (χ2n) is 7.78. The van der Waals surface area contributed by atoms with E-state index in [4.69, 9.17) is 0 Å². The first kappa shape index (κ1) is 15.9. The molecule has 5 rings (SSSR count). The Morgan fingerprint density at radius 2 is 2.04 bits per heavy atom. The van der Waals surface area contributed by atoms with Crippen molar-refractivity contribution in [2.75, 3.05) is 13.1 Å². The minimum atomic E-state index is 0.521. The minimum absolute atomic E-state index is 0.521. The fourth-order valence-electron chi connectivity index (χ4n) is 4.52. The second-order valence-corrected chi connectivity index (χ2v) is 7.78. The summed E-state index contributed by atoms with van der Waals surface area (Å²) in [5, 5.41) is 10.2. The lowest BCUT2D eigenvalue weighted by atomic mass is 9.96. The summed E-state index contributed by atoms with van der Waals surface area (Å²) in [6.45, 7) is 6.40. The molecule has 1 atom stereocenters. The molecule has 5 nitrogen and oxygen atoms in total. The smallest absolute Gasteiger partial charge is 0.137 e. The largest absolute Gasteiger partial charge is 0.315 e. The normalized spacial score (nSPS) is 20.6. The molecule has 1 aromatic carbocycles. The summed E-state index contributed by atoms with van der Waals surface area (Å²) in [5.41, 5.74) is 3.53. The van der Waals surface area contributed by atoms with Gasteiger partial charge < -0.3 is 4.57 Å². The zero-order chi connectivity index (χ0) is 17.5. The van der Waals surface area contributed by atoms with Gasteiger partial charge in [0.2, 0.25) is 0 Å². The SMILES string of the molecule is Cc1ccc2cc(CN3CCC[C@H](c4nnc5n4CCC5)C3)ccc2n1. The van der Waals surface area contributed by atoms with E-state index in [1.54, 1.807) is 0 Å². The molecule has 1 saturated heterocycles. The summed E-state index contributed by atoms with van der Waals surface area (Å²) in [7, 11) is 0. The number of fused-ring (bicyclic) bond motifs is 2. The average Bonchev–Trinajstić information content (AvgIpc) is 3.26. The van der Waals surface area contributed by atoms with E-state index >= 15 is 0 Å². The lowest BCUT2D eigenvalue weighted by Gasteiger charge is -2.32. The summed E-state index contributed by atoms with van der Waals surface area (Å²) < 4.78 is 2.37. The van der Waals surface area contributed by atoms with E-state index in [1.807, 2.05) is 6.92 Å². The molecule has 0 radical (unpaired) electrons. The van der Waals surface area contributed by atoms with Gasteiger partial charge in [0.1, 0.15) is 11.6 Å². The van der Waals surface area contributed by atoms with E-state index in [-0.39, 0.29) is 0 Å². The van der Waals surface area contributed by atoms with E-state index in [1.165, 1.54) is 48.4 Å². The molecule has 3 aromatic rings. The molecular formula is C21H25N5. The zero-order valence-corrected chi connectivity index (χ0v) is 15.4. The molecule has 0 spiro atoms. The summed E-state index contributed by atoms with van der Waals surface area (Å²) in [6.07, 6.45) is 4.78. The Morgan fingerprint density at radius 1 is 1.08 bits per heavy atom. The Kier molecular flexibility index (Phi) is 3.97. The zero-order valence-electron chi connectivity index (χ0n) is 15.4. The summed E-state index contributed by atoms with van der Waals surface area (Å²) in [4.78, 5) is 7.19. The summed E-state index contributed by atoms with van der Waals surface area (Å²) in [5.74, 6) is 2.93. The van der Waals surface area contributed by atoms with Crippen LogP contribution in [0.5, 0.6) is 0 Å². The van der Waals surface area contributed by atoms with Crippen LogP contribution < -0.4 is 0 Å².